The van der Waals surface area contributed by atoms with E-state index in [-0.39, 0.29) is 0 Å². The first-order valence-electron chi connectivity index (χ1n) is 11.2. The molecule has 0 atom stereocenters. The van der Waals surface area contributed by atoms with Gasteiger partial charge in [0.2, 0.25) is 0 Å². The van der Waals surface area contributed by atoms with Gasteiger partial charge >= 0.3 is 0 Å². The molecule has 2 N–H and O–H groups in total. The van der Waals surface area contributed by atoms with Crippen molar-refractivity contribution in [2.45, 2.75) is 13.0 Å². The molecule has 32 heavy (non-hydrogen) atoms. The fourth-order valence-corrected chi connectivity index (χ4v) is 4.51. The van der Waals surface area contributed by atoms with Crippen molar-refractivity contribution in [2.24, 2.45) is 0 Å². The molecule has 0 aliphatic carbocycles. The molecule has 0 saturated carbocycles. The van der Waals surface area contributed by atoms with Gasteiger partial charge in [-0.25, -0.2) is 9.97 Å². The molecule has 2 aliphatic rings. The molecule has 2 aromatic heterocycles. The van der Waals surface area contributed by atoms with Gasteiger partial charge < -0.3 is 24.7 Å². The molecule has 2 aliphatic heterocycles. The molecule has 1 fully saturated rings. The van der Waals surface area contributed by atoms with E-state index in [0.717, 1.165) is 74.2 Å². The van der Waals surface area contributed by atoms with Gasteiger partial charge in [-0.05, 0) is 54.4 Å². The van der Waals surface area contributed by atoms with Crippen molar-refractivity contribution in [3.8, 4) is 11.3 Å². The van der Waals surface area contributed by atoms with Crippen molar-refractivity contribution < 1.29 is 4.74 Å². The minimum absolute atomic E-state index is 0.752. The number of nitrogens with zero attached hydrogens (tertiary/aromatic N) is 4. The summed E-state index contributed by atoms with van der Waals surface area (Å²) in [6, 6.07) is 15.2. The zero-order valence-electron chi connectivity index (χ0n) is 17.9. The lowest BCUT2D eigenvalue weighted by Gasteiger charge is -2.28. The number of nitrogens with one attached hydrogen (secondary N) is 2. The highest BCUT2D eigenvalue weighted by molar-refractivity contribution is 5.74. The van der Waals surface area contributed by atoms with Gasteiger partial charge in [0.05, 0.1) is 18.9 Å². The second-order valence-electron chi connectivity index (χ2n) is 8.31. The Balaban J connectivity index is 1.31. The number of hydrogen-bond donors (Lipinski definition) is 2. The molecule has 162 valence electrons. The van der Waals surface area contributed by atoms with E-state index in [1.54, 1.807) is 0 Å². The maximum absolute atomic E-state index is 5.46. The van der Waals surface area contributed by atoms with Crippen LogP contribution in [0.4, 0.5) is 17.2 Å². The Morgan fingerprint density at radius 3 is 2.75 bits per heavy atom. The summed E-state index contributed by atoms with van der Waals surface area (Å²) in [5.74, 6) is 0.752. The molecule has 4 heterocycles. The van der Waals surface area contributed by atoms with E-state index in [1.165, 1.54) is 16.8 Å². The number of morpholine rings is 1. The van der Waals surface area contributed by atoms with E-state index in [0.29, 0.717) is 0 Å². The van der Waals surface area contributed by atoms with Crippen molar-refractivity contribution in [3.63, 3.8) is 0 Å². The maximum Gasteiger partial charge on any atom is 0.180 e. The van der Waals surface area contributed by atoms with Crippen LogP contribution in [0.15, 0.2) is 61.1 Å². The van der Waals surface area contributed by atoms with Crippen LogP contribution in [0, 0.1) is 0 Å². The first-order chi connectivity index (χ1) is 15.8. The number of aromatic nitrogens is 3. The number of benzene rings is 2. The summed E-state index contributed by atoms with van der Waals surface area (Å²) in [5, 5.41) is 6.94. The third-order valence-electron chi connectivity index (χ3n) is 6.27. The largest absolute Gasteiger partial charge is 0.378 e. The summed E-state index contributed by atoms with van der Waals surface area (Å²) in [6.07, 6.45) is 6.90. The molecule has 1 saturated heterocycles. The molecule has 0 bridgehead atoms. The number of hydrogen-bond acceptors (Lipinski definition) is 6. The maximum atomic E-state index is 5.46. The normalized spacial score (nSPS) is 16.2. The van der Waals surface area contributed by atoms with Crippen molar-refractivity contribution in [2.75, 3.05) is 43.1 Å². The Labute approximate surface area is 187 Å². The fourth-order valence-electron chi connectivity index (χ4n) is 4.51. The van der Waals surface area contributed by atoms with Crippen LogP contribution in [0.1, 0.15) is 11.1 Å². The number of fused-ring (bicyclic) bond motifs is 2. The van der Waals surface area contributed by atoms with Crippen molar-refractivity contribution in [1.29, 1.82) is 0 Å². The van der Waals surface area contributed by atoms with Crippen LogP contribution in [-0.4, -0.2) is 47.2 Å². The van der Waals surface area contributed by atoms with Crippen LogP contribution in [0.25, 0.3) is 16.9 Å². The lowest BCUT2D eigenvalue weighted by Crippen LogP contribution is -2.36. The Morgan fingerprint density at radius 2 is 1.88 bits per heavy atom. The molecular weight excluding hydrogens is 400 g/mol. The summed E-state index contributed by atoms with van der Waals surface area (Å²) in [7, 11) is 0. The highest BCUT2D eigenvalue weighted by Crippen LogP contribution is 2.28. The summed E-state index contributed by atoms with van der Waals surface area (Å²) < 4.78 is 7.49. The van der Waals surface area contributed by atoms with Crippen LogP contribution in [0.3, 0.4) is 0 Å². The molecule has 7 heteroatoms. The zero-order valence-corrected chi connectivity index (χ0v) is 17.9. The second kappa shape index (κ2) is 8.26. The molecule has 0 amide bonds. The predicted octanol–water partition coefficient (Wildman–Crippen LogP) is 3.62. The van der Waals surface area contributed by atoms with Crippen LogP contribution in [0.2, 0.25) is 0 Å². The molecule has 6 rings (SSSR count). The van der Waals surface area contributed by atoms with Crippen molar-refractivity contribution in [3.05, 3.63) is 72.2 Å². The number of imidazole rings is 1. The molecular formula is C25H26N6O. The Morgan fingerprint density at radius 1 is 1.00 bits per heavy atom. The van der Waals surface area contributed by atoms with Crippen molar-refractivity contribution >= 4 is 22.8 Å². The number of anilines is 3. The van der Waals surface area contributed by atoms with E-state index in [9.17, 15) is 0 Å². The lowest BCUT2D eigenvalue weighted by molar-refractivity contribution is 0.122. The summed E-state index contributed by atoms with van der Waals surface area (Å²) in [4.78, 5) is 11.8. The highest BCUT2D eigenvalue weighted by Gasteiger charge is 2.14. The zero-order chi connectivity index (χ0) is 21.3. The van der Waals surface area contributed by atoms with Gasteiger partial charge in [-0.2, -0.15) is 0 Å². The minimum atomic E-state index is 0.752. The lowest BCUT2D eigenvalue weighted by atomic mass is 9.97. The van der Waals surface area contributed by atoms with Crippen LogP contribution < -0.4 is 15.5 Å². The fraction of sp³-hybridized carbons (Fsp3) is 0.280. The minimum Gasteiger partial charge on any atom is -0.378 e. The van der Waals surface area contributed by atoms with Gasteiger partial charge in [-0.1, -0.05) is 12.1 Å². The molecule has 2 aromatic carbocycles. The number of ether oxygens (including phenoxy) is 1. The summed E-state index contributed by atoms with van der Waals surface area (Å²) in [6.45, 7) is 5.39. The molecule has 0 spiro atoms. The molecule has 0 unspecified atom stereocenters. The third kappa shape index (κ3) is 3.70. The van der Waals surface area contributed by atoms with E-state index < -0.39 is 0 Å². The van der Waals surface area contributed by atoms with Gasteiger partial charge in [-0.3, -0.25) is 0 Å². The quantitative estimate of drug-likeness (QED) is 0.520. The van der Waals surface area contributed by atoms with E-state index in [2.05, 4.69) is 63.0 Å². The smallest absolute Gasteiger partial charge is 0.180 e. The second-order valence-corrected chi connectivity index (χ2v) is 8.31. The number of rotatable bonds is 4. The summed E-state index contributed by atoms with van der Waals surface area (Å²) >= 11 is 0. The van der Waals surface area contributed by atoms with Gasteiger partial charge in [0.25, 0.3) is 0 Å². The third-order valence-corrected chi connectivity index (χ3v) is 6.27. The highest BCUT2D eigenvalue weighted by atomic mass is 16.5. The first-order valence-corrected chi connectivity index (χ1v) is 11.2. The van der Waals surface area contributed by atoms with Gasteiger partial charge in [0, 0.05) is 55.2 Å². The van der Waals surface area contributed by atoms with E-state index in [1.807, 2.05) is 23.0 Å². The van der Waals surface area contributed by atoms with Gasteiger partial charge in [0.1, 0.15) is 0 Å². The SMILES string of the molecule is c1cn2cc(-c3ccc4c(c3)CNCC4)nc(Nc3ccc(N4CCOCC4)cc3)c2n1. The van der Waals surface area contributed by atoms with Crippen molar-refractivity contribution in [1.82, 2.24) is 19.7 Å². The van der Waals surface area contributed by atoms with E-state index >= 15 is 0 Å². The van der Waals surface area contributed by atoms with E-state index in [4.69, 9.17) is 9.72 Å². The average molecular weight is 427 g/mol. The molecule has 4 aromatic rings. The topological polar surface area (TPSA) is 66.7 Å². The molecule has 7 nitrogen and oxygen atoms in total. The average Bonchev–Trinajstić information content (AvgIpc) is 3.34. The predicted molar refractivity (Wildman–Crippen MR) is 127 cm³/mol. The standard InChI is InChI=1S/C25H26N6O/c1-2-19(15-20-16-26-8-7-18(1)20)23-17-31-10-9-27-25(31)24(29-23)28-21-3-5-22(6-4-21)30-11-13-32-14-12-30/h1-6,9-10,15,17,26H,7-8,11-14,16H2,(H,28,29). The van der Waals surface area contributed by atoms with Gasteiger partial charge in [0.15, 0.2) is 11.5 Å². The van der Waals surface area contributed by atoms with Gasteiger partial charge in [-0.15, -0.1) is 0 Å². The monoisotopic (exact) mass is 426 g/mol. The first kappa shape index (κ1) is 19.3. The molecule has 0 radical (unpaired) electrons. The Bertz CT molecular complexity index is 1240. The Hall–Kier alpha value is -3.42. The Kier molecular flexibility index (Phi) is 4.97. The summed E-state index contributed by atoms with van der Waals surface area (Å²) in [5.41, 5.74) is 7.85. The van der Waals surface area contributed by atoms with Crippen LogP contribution in [-0.2, 0) is 17.7 Å². The van der Waals surface area contributed by atoms with Crippen LogP contribution >= 0.6 is 0 Å². The van der Waals surface area contributed by atoms with Crippen LogP contribution in [0.5, 0.6) is 0 Å².